The van der Waals surface area contributed by atoms with Crippen LogP contribution in [0.25, 0.3) is 16.7 Å². The van der Waals surface area contributed by atoms with Gasteiger partial charge in [0.15, 0.2) is 0 Å². The van der Waals surface area contributed by atoms with Crippen molar-refractivity contribution in [1.82, 2.24) is 24.8 Å². The first kappa shape index (κ1) is 20.7. The van der Waals surface area contributed by atoms with Gasteiger partial charge in [-0.2, -0.15) is 0 Å². The van der Waals surface area contributed by atoms with Crippen molar-refractivity contribution in [2.24, 2.45) is 0 Å². The zero-order valence-corrected chi connectivity index (χ0v) is 18.0. The van der Waals surface area contributed by atoms with Crippen molar-refractivity contribution < 1.29 is 14.6 Å². The number of benzene rings is 1. The average molecular weight is 445 g/mol. The lowest BCUT2D eigenvalue weighted by Crippen LogP contribution is -2.43. The number of nitrogens with one attached hydrogen (secondary N) is 2. The van der Waals surface area contributed by atoms with E-state index < -0.39 is 5.91 Å². The molecule has 3 aromatic heterocycles. The van der Waals surface area contributed by atoms with Crippen molar-refractivity contribution in [2.45, 2.75) is 0 Å². The summed E-state index contributed by atoms with van der Waals surface area (Å²) in [4.78, 5) is 28.0. The number of aromatic nitrogens is 4. The molecule has 1 amide bonds. The van der Waals surface area contributed by atoms with E-state index in [0.29, 0.717) is 22.2 Å². The van der Waals surface area contributed by atoms with Gasteiger partial charge >= 0.3 is 0 Å². The van der Waals surface area contributed by atoms with Gasteiger partial charge in [0.1, 0.15) is 11.4 Å². The Kier molecular flexibility index (Phi) is 5.49. The number of amides is 1. The molecular formula is C23H23N7O3. The van der Waals surface area contributed by atoms with E-state index in [4.69, 9.17) is 4.74 Å². The molecule has 0 aliphatic carbocycles. The minimum absolute atomic E-state index is 0.0327. The largest absolute Gasteiger partial charge is 0.496 e. The van der Waals surface area contributed by atoms with Crippen LogP contribution in [0.4, 0.5) is 11.4 Å². The molecule has 5 rings (SSSR count). The van der Waals surface area contributed by atoms with Crippen LogP contribution in [0.2, 0.25) is 0 Å². The van der Waals surface area contributed by atoms with Gasteiger partial charge in [-0.25, -0.2) is 9.97 Å². The van der Waals surface area contributed by atoms with Crippen LogP contribution in [0.1, 0.15) is 10.5 Å². The first-order valence-electron chi connectivity index (χ1n) is 10.6. The summed E-state index contributed by atoms with van der Waals surface area (Å²) in [7, 11) is 1.57. The number of methoxy groups -OCH3 is 1. The molecule has 4 heterocycles. The number of anilines is 2. The summed E-state index contributed by atoms with van der Waals surface area (Å²) in [6, 6.07) is 8.80. The fraction of sp³-hybridized carbons (Fsp3) is 0.217. The van der Waals surface area contributed by atoms with E-state index in [1.807, 2.05) is 6.07 Å². The van der Waals surface area contributed by atoms with Crippen molar-refractivity contribution in [3.8, 4) is 17.6 Å². The quantitative estimate of drug-likeness (QED) is 0.428. The van der Waals surface area contributed by atoms with Crippen molar-refractivity contribution in [3.05, 3.63) is 60.8 Å². The number of pyridine rings is 1. The van der Waals surface area contributed by atoms with E-state index in [-0.39, 0.29) is 17.5 Å². The second kappa shape index (κ2) is 8.75. The third-order valence-electron chi connectivity index (χ3n) is 5.61. The maximum absolute atomic E-state index is 13.0. The third kappa shape index (κ3) is 3.92. The second-order valence-corrected chi connectivity index (χ2v) is 7.57. The molecule has 10 nitrogen and oxygen atoms in total. The van der Waals surface area contributed by atoms with Gasteiger partial charge in [0, 0.05) is 55.5 Å². The normalized spacial score (nSPS) is 13.8. The Morgan fingerprint density at radius 3 is 2.82 bits per heavy atom. The van der Waals surface area contributed by atoms with E-state index in [1.165, 1.54) is 16.8 Å². The number of nitrogens with zero attached hydrogens (tertiary/aromatic N) is 5. The van der Waals surface area contributed by atoms with Crippen molar-refractivity contribution in [3.63, 3.8) is 0 Å². The van der Waals surface area contributed by atoms with Gasteiger partial charge in [-0.15, -0.1) is 0 Å². The first-order chi connectivity index (χ1) is 16.2. The van der Waals surface area contributed by atoms with Crippen LogP contribution < -0.4 is 20.3 Å². The molecule has 1 aliphatic heterocycles. The Hall–Kier alpha value is -4.18. The van der Waals surface area contributed by atoms with Crippen molar-refractivity contribution in [2.75, 3.05) is 43.5 Å². The Morgan fingerprint density at radius 1 is 1.15 bits per heavy atom. The van der Waals surface area contributed by atoms with Gasteiger partial charge in [0.25, 0.3) is 5.91 Å². The lowest BCUT2D eigenvalue weighted by Gasteiger charge is -2.30. The summed E-state index contributed by atoms with van der Waals surface area (Å²) in [5.74, 6) is 0.367. The van der Waals surface area contributed by atoms with Crippen molar-refractivity contribution >= 4 is 28.1 Å². The molecule has 168 valence electrons. The summed E-state index contributed by atoms with van der Waals surface area (Å²) >= 11 is 0. The molecule has 0 unspecified atom stereocenters. The van der Waals surface area contributed by atoms with Crippen molar-refractivity contribution in [1.29, 1.82) is 0 Å². The number of hydrogen-bond donors (Lipinski definition) is 3. The molecule has 1 fully saturated rings. The number of aromatic hydroxyl groups is 1. The van der Waals surface area contributed by atoms with E-state index in [2.05, 4.69) is 30.5 Å². The molecule has 1 saturated heterocycles. The Bertz CT molecular complexity index is 1310. The molecule has 0 bridgehead atoms. The van der Waals surface area contributed by atoms with Gasteiger partial charge in [-0.3, -0.25) is 14.3 Å². The van der Waals surface area contributed by atoms with E-state index in [9.17, 15) is 9.90 Å². The number of ether oxygens (including phenoxy) is 1. The van der Waals surface area contributed by atoms with Crippen LogP contribution in [0, 0.1) is 0 Å². The summed E-state index contributed by atoms with van der Waals surface area (Å²) in [6.45, 7) is 3.44. The van der Waals surface area contributed by atoms with Crippen LogP contribution in [0.3, 0.4) is 0 Å². The topological polar surface area (TPSA) is 117 Å². The molecule has 3 N–H and O–H groups in total. The van der Waals surface area contributed by atoms with Gasteiger partial charge in [-0.05, 0) is 24.3 Å². The SMILES string of the molecule is COc1cccc2c(O)n(-c3nccc(C(=O)Nc4cnccc4N4CCNCC4)n3)cc12. The molecule has 1 aromatic carbocycles. The predicted octanol–water partition coefficient (Wildman–Crippen LogP) is 2.19. The predicted molar refractivity (Wildman–Crippen MR) is 124 cm³/mol. The molecule has 4 aromatic rings. The number of carbonyl (C=O) groups is 1. The van der Waals surface area contributed by atoms with Crippen LogP contribution >= 0.6 is 0 Å². The van der Waals surface area contributed by atoms with Crippen LogP contribution in [0.5, 0.6) is 11.6 Å². The Morgan fingerprint density at radius 2 is 2.00 bits per heavy atom. The van der Waals surface area contributed by atoms with Crippen LogP contribution in [0.15, 0.2) is 55.1 Å². The van der Waals surface area contributed by atoms with E-state index in [0.717, 1.165) is 31.9 Å². The van der Waals surface area contributed by atoms with Gasteiger partial charge in [0.2, 0.25) is 11.8 Å². The van der Waals surface area contributed by atoms with Gasteiger partial charge in [0.05, 0.1) is 24.7 Å². The fourth-order valence-corrected chi connectivity index (χ4v) is 3.96. The van der Waals surface area contributed by atoms with Gasteiger partial charge in [-0.1, -0.05) is 6.07 Å². The summed E-state index contributed by atoms with van der Waals surface area (Å²) in [5.41, 5.74) is 1.69. The second-order valence-electron chi connectivity index (χ2n) is 7.57. The smallest absolute Gasteiger partial charge is 0.274 e. The Balaban J connectivity index is 1.45. The zero-order valence-electron chi connectivity index (χ0n) is 18.0. The number of hydrogen-bond acceptors (Lipinski definition) is 8. The number of fused-ring (bicyclic) bond motifs is 1. The highest BCUT2D eigenvalue weighted by molar-refractivity contribution is 6.04. The number of rotatable bonds is 5. The zero-order chi connectivity index (χ0) is 22.8. The van der Waals surface area contributed by atoms with Crippen LogP contribution in [-0.2, 0) is 0 Å². The maximum atomic E-state index is 13.0. The number of piperazine rings is 1. The van der Waals surface area contributed by atoms with E-state index >= 15 is 0 Å². The maximum Gasteiger partial charge on any atom is 0.274 e. The molecule has 0 saturated carbocycles. The molecule has 0 radical (unpaired) electrons. The highest BCUT2D eigenvalue weighted by Gasteiger charge is 2.19. The fourth-order valence-electron chi connectivity index (χ4n) is 3.96. The third-order valence-corrected chi connectivity index (χ3v) is 5.61. The Labute approximate surface area is 189 Å². The summed E-state index contributed by atoms with van der Waals surface area (Å²) in [6.07, 6.45) is 6.51. The lowest BCUT2D eigenvalue weighted by molar-refractivity contribution is 0.102. The highest BCUT2D eigenvalue weighted by atomic mass is 16.5. The molecule has 10 heteroatoms. The van der Waals surface area contributed by atoms with Crippen LogP contribution in [-0.4, -0.2) is 63.8 Å². The molecule has 33 heavy (non-hydrogen) atoms. The standard InChI is InChI=1S/C23H23N7O3/c1-33-20-4-2-3-15-16(20)14-30(22(15)32)23-26-8-5-17(28-23)21(31)27-18-13-25-7-6-19(18)29-11-9-24-10-12-29/h2-8,13-14,24,32H,9-12H2,1H3,(H,27,31). The summed E-state index contributed by atoms with van der Waals surface area (Å²) < 4.78 is 6.81. The van der Waals surface area contributed by atoms with E-state index in [1.54, 1.807) is 43.9 Å². The minimum Gasteiger partial charge on any atom is -0.496 e. The molecular weight excluding hydrogens is 422 g/mol. The monoisotopic (exact) mass is 445 g/mol. The van der Waals surface area contributed by atoms with Gasteiger partial charge < -0.3 is 25.4 Å². The molecule has 0 atom stereocenters. The average Bonchev–Trinajstić information content (AvgIpc) is 3.21. The first-order valence-corrected chi connectivity index (χ1v) is 10.6. The minimum atomic E-state index is -0.392. The highest BCUT2D eigenvalue weighted by Crippen LogP contribution is 2.34. The number of carbonyl (C=O) groups excluding carboxylic acids is 1. The lowest BCUT2D eigenvalue weighted by atomic mass is 10.2. The molecule has 0 spiro atoms. The molecule has 1 aliphatic rings. The summed E-state index contributed by atoms with van der Waals surface area (Å²) in [5, 5.41) is 18.3.